The van der Waals surface area contributed by atoms with Crippen molar-refractivity contribution >= 4 is 11.3 Å². The Morgan fingerprint density at radius 3 is 2.65 bits per heavy atom. The van der Waals surface area contributed by atoms with Crippen LogP contribution in [-0.4, -0.2) is 13.7 Å². The van der Waals surface area contributed by atoms with Crippen LogP contribution in [0, 0.1) is 18.3 Å². The minimum atomic E-state index is -0.212. The first-order valence-corrected chi connectivity index (χ1v) is 7.00. The third-order valence-electron chi connectivity index (χ3n) is 2.85. The summed E-state index contributed by atoms with van der Waals surface area (Å²) in [6, 6.07) is 11.2. The molecule has 2 rings (SSSR count). The van der Waals surface area contributed by atoms with Gasteiger partial charge in [-0.2, -0.15) is 5.26 Å². The summed E-state index contributed by atoms with van der Waals surface area (Å²) in [6.45, 7) is 2.42. The molecule has 0 aliphatic carbocycles. The molecule has 1 aromatic heterocycles. The van der Waals surface area contributed by atoms with E-state index in [0.29, 0.717) is 23.6 Å². The topological polar surface area (TPSA) is 68.3 Å². The summed E-state index contributed by atoms with van der Waals surface area (Å²) in [7, 11) is 1.55. The number of methoxy groups -OCH3 is 1. The van der Waals surface area contributed by atoms with Crippen molar-refractivity contribution in [1.82, 2.24) is 0 Å². The molecular formula is C15H16N2O2S. The smallest absolute Gasteiger partial charge is 0.162 e. The van der Waals surface area contributed by atoms with E-state index in [1.165, 1.54) is 4.88 Å². The van der Waals surface area contributed by atoms with E-state index in [2.05, 4.69) is 6.07 Å². The fourth-order valence-electron chi connectivity index (χ4n) is 1.84. The predicted octanol–water partition coefficient (Wildman–Crippen LogP) is 3.02. The lowest BCUT2D eigenvalue weighted by atomic mass is 10.2. The summed E-state index contributed by atoms with van der Waals surface area (Å²) in [5, 5.41) is 8.89. The molecule has 1 heterocycles. The van der Waals surface area contributed by atoms with Gasteiger partial charge in [-0.1, -0.05) is 0 Å². The Hall–Kier alpha value is -2.03. The van der Waals surface area contributed by atoms with Gasteiger partial charge in [-0.05, 0) is 31.2 Å². The number of aryl methyl sites for hydroxylation is 1. The van der Waals surface area contributed by atoms with Gasteiger partial charge in [0.15, 0.2) is 11.5 Å². The molecule has 0 aliphatic rings. The molecule has 0 radical (unpaired) electrons. The van der Waals surface area contributed by atoms with E-state index < -0.39 is 0 Å². The number of hydrogen-bond acceptors (Lipinski definition) is 5. The highest BCUT2D eigenvalue weighted by Gasteiger charge is 2.16. The van der Waals surface area contributed by atoms with Crippen LogP contribution in [0.2, 0.25) is 0 Å². The highest BCUT2D eigenvalue weighted by molar-refractivity contribution is 7.12. The maximum atomic E-state index is 8.89. The van der Waals surface area contributed by atoms with Crippen molar-refractivity contribution in [1.29, 1.82) is 5.26 Å². The Kier molecular flexibility index (Phi) is 4.61. The van der Waals surface area contributed by atoms with E-state index in [-0.39, 0.29) is 6.10 Å². The molecule has 1 unspecified atom stereocenters. The molecule has 2 aromatic rings. The summed E-state index contributed by atoms with van der Waals surface area (Å²) in [5.74, 6) is 1.13. The van der Waals surface area contributed by atoms with Crippen LogP contribution < -0.4 is 15.2 Å². The largest absolute Gasteiger partial charge is 0.493 e. The minimum Gasteiger partial charge on any atom is -0.493 e. The number of nitrogens with two attached hydrogens (primary N) is 1. The van der Waals surface area contributed by atoms with Crippen LogP contribution in [0.4, 0.5) is 0 Å². The summed E-state index contributed by atoms with van der Waals surface area (Å²) >= 11 is 1.66. The first kappa shape index (κ1) is 14.4. The Balaban J connectivity index is 2.26. The van der Waals surface area contributed by atoms with Gasteiger partial charge >= 0.3 is 0 Å². The van der Waals surface area contributed by atoms with Crippen molar-refractivity contribution in [3.8, 4) is 17.6 Å². The van der Waals surface area contributed by atoms with Crippen LogP contribution in [0.3, 0.4) is 0 Å². The van der Waals surface area contributed by atoms with Crippen LogP contribution in [0.1, 0.15) is 21.4 Å². The standard InChI is InChI=1S/C15H16N2O2S/c1-10-3-6-15(20-10)14(9-17)19-12-5-4-11(8-16)7-13(12)18-2/h3-7,14H,9,17H2,1-2H3. The minimum absolute atomic E-state index is 0.212. The Morgan fingerprint density at radius 1 is 1.30 bits per heavy atom. The summed E-state index contributed by atoms with van der Waals surface area (Å²) in [6.07, 6.45) is -0.212. The quantitative estimate of drug-likeness (QED) is 0.918. The van der Waals surface area contributed by atoms with E-state index in [1.54, 1.807) is 36.6 Å². The first-order chi connectivity index (χ1) is 9.67. The zero-order valence-electron chi connectivity index (χ0n) is 11.4. The number of hydrogen-bond donors (Lipinski definition) is 1. The highest BCUT2D eigenvalue weighted by Crippen LogP contribution is 2.33. The van der Waals surface area contributed by atoms with Gasteiger partial charge < -0.3 is 15.2 Å². The molecule has 2 N–H and O–H groups in total. The third-order valence-corrected chi connectivity index (χ3v) is 3.95. The molecule has 0 bridgehead atoms. The van der Waals surface area contributed by atoms with Gasteiger partial charge in [-0.15, -0.1) is 11.3 Å². The van der Waals surface area contributed by atoms with Gasteiger partial charge in [0.05, 0.1) is 18.7 Å². The molecule has 0 saturated carbocycles. The Morgan fingerprint density at radius 2 is 2.10 bits per heavy atom. The normalized spacial score (nSPS) is 11.7. The van der Waals surface area contributed by atoms with Gasteiger partial charge in [-0.3, -0.25) is 0 Å². The van der Waals surface area contributed by atoms with E-state index in [1.807, 2.05) is 19.1 Å². The number of nitrogens with zero attached hydrogens (tertiary/aromatic N) is 1. The number of benzene rings is 1. The van der Waals surface area contributed by atoms with E-state index in [4.69, 9.17) is 20.5 Å². The van der Waals surface area contributed by atoms with Crippen LogP contribution >= 0.6 is 11.3 Å². The molecule has 104 valence electrons. The molecule has 0 amide bonds. The molecule has 5 heteroatoms. The summed E-state index contributed by atoms with van der Waals surface area (Å²) < 4.78 is 11.2. The molecule has 1 atom stereocenters. The Bertz CT molecular complexity index is 631. The number of thiophene rings is 1. The molecule has 0 spiro atoms. The van der Waals surface area contributed by atoms with Gasteiger partial charge in [0.1, 0.15) is 6.10 Å². The molecule has 4 nitrogen and oxygen atoms in total. The van der Waals surface area contributed by atoms with Crippen LogP contribution in [-0.2, 0) is 0 Å². The van der Waals surface area contributed by atoms with Crippen LogP contribution in [0.25, 0.3) is 0 Å². The summed E-state index contributed by atoms with van der Waals surface area (Å²) in [5.41, 5.74) is 6.33. The summed E-state index contributed by atoms with van der Waals surface area (Å²) in [4.78, 5) is 2.30. The van der Waals surface area contributed by atoms with E-state index >= 15 is 0 Å². The van der Waals surface area contributed by atoms with Gasteiger partial charge in [-0.25, -0.2) is 0 Å². The van der Waals surface area contributed by atoms with Crippen molar-refractivity contribution in [2.75, 3.05) is 13.7 Å². The van der Waals surface area contributed by atoms with Crippen LogP contribution in [0.5, 0.6) is 11.5 Å². The maximum Gasteiger partial charge on any atom is 0.162 e. The van der Waals surface area contributed by atoms with Gasteiger partial charge in [0.25, 0.3) is 0 Å². The molecule has 0 aliphatic heterocycles. The number of ether oxygens (including phenoxy) is 2. The average molecular weight is 288 g/mol. The molecule has 20 heavy (non-hydrogen) atoms. The second kappa shape index (κ2) is 6.42. The number of nitriles is 1. The monoisotopic (exact) mass is 288 g/mol. The maximum absolute atomic E-state index is 8.89. The highest BCUT2D eigenvalue weighted by atomic mass is 32.1. The lowest BCUT2D eigenvalue weighted by Gasteiger charge is -2.18. The molecule has 0 fully saturated rings. The SMILES string of the molecule is COc1cc(C#N)ccc1OC(CN)c1ccc(C)s1. The van der Waals surface area contributed by atoms with Gasteiger partial charge in [0, 0.05) is 22.4 Å². The van der Waals surface area contributed by atoms with Crippen molar-refractivity contribution < 1.29 is 9.47 Å². The average Bonchev–Trinajstić information content (AvgIpc) is 2.91. The lowest BCUT2D eigenvalue weighted by Crippen LogP contribution is -2.17. The fourth-order valence-corrected chi connectivity index (χ4v) is 2.76. The zero-order valence-corrected chi connectivity index (χ0v) is 12.2. The van der Waals surface area contributed by atoms with Crippen LogP contribution in [0.15, 0.2) is 30.3 Å². The van der Waals surface area contributed by atoms with Crippen molar-refractivity contribution in [3.63, 3.8) is 0 Å². The van der Waals surface area contributed by atoms with Crippen molar-refractivity contribution in [2.24, 2.45) is 5.73 Å². The van der Waals surface area contributed by atoms with E-state index in [0.717, 1.165) is 4.88 Å². The molecule has 1 aromatic carbocycles. The van der Waals surface area contributed by atoms with Crippen molar-refractivity contribution in [3.05, 3.63) is 45.6 Å². The first-order valence-electron chi connectivity index (χ1n) is 6.19. The van der Waals surface area contributed by atoms with Crippen molar-refractivity contribution in [2.45, 2.75) is 13.0 Å². The number of rotatable bonds is 5. The zero-order chi connectivity index (χ0) is 14.5. The third kappa shape index (κ3) is 3.10. The predicted molar refractivity (Wildman–Crippen MR) is 79.2 cm³/mol. The lowest BCUT2D eigenvalue weighted by molar-refractivity contribution is 0.208. The Labute approximate surface area is 122 Å². The molecule has 0 saturated heterocycles. The second-order valence-corrected chi connectivity index (χ2v) is 5.59. The fraction of sp³-hybridized carbons (Fsp3) is 0.267. The van der Waals surface area contributed by atoms with E-state index in [9.17, 15) is 0 Å². The molecular weight excluding hydrogens is 272 g/mol. The second-order valence-electron chi connectivity index (χ2n) is 4.27. The van der Waals surface area contributed by atoms with Gasteiger partial charge in [0.2, 0.25) is 0 Å².